The van der Waals surface area contributed by atoms with E-state index in [2.05, 4.69) is 15.9 Å². The summed E-state index contributed by atoms with van der Waals surface area (Å²) in [6.45, 7) is 0.402. The molecule has 0 atom stereocenters. The van der Waals surface area contributed by atoms with Crippen LogP contribution >= 0.6 is 27.5 Å². The summed E-state index contributed by atoms with van der Waals surface area (Å²) < 4.78 is 6.90. The molecule has 0 radical (unpaired) electrons. The lowest BCUT2D eigenvalue weighted by atomic mass is 10.1. The molecule has 0 unspecified atom stereocenters. The quantitative estimate of drug-likeness (QED) is 0.632. The van der Waals surface area contributed by atoms with Crippen molar-refractivity contribution in [2.75, 3.05) is 5.73 Å². The average molecular weight is 363 g/mol. The van der Waals surface area contributed by atoms with Crippen LogP contribution in [0, 0.1) is 0 Å². The largest absolute Gasteiger partial charge is 0.488 e. The number of hydrogen-bond donors (Lipinski definition) is 1. The maximum atomic E-state index is 6.21. The van der Waals surface area contributed by atoms with Gasteiger partial charge in [0.05, 0.1) is 0 Å². The monoisotopic (exact) mass is 361 g/mol. The van der Waals surface area contributed by atoms with Gasteiger partial charge in [0, 0.05) is 31.5 Å². The molecule has 0 fully saturated rings. The third kappa shape index (κ3) is 2.85. The molecule has 0 amide bonds. The molecule has 106 valence electrons. The van der Waals surface area contributed by atoms with Gasteiger partial charge >= 0.3 is 0 Å². The van der Waals surface area contributed by atoms with Crippen molar-refractivity contribution < 1.29 is 4.74 Å². The van der Waals surface area contributed by atoms with Gasteiger partial charge in [-0.05, 0) is 24.3 Å². The van der Waals surface area contributed by atoms with Crippen LogP contribution in [0.2, 0.25) is 5.02 Å². The molecule has 3 aromatic rings. The van der Waals surface area contributed by atoms with Gasteiger partial charge in [0.15, 0.2) is 0 Å². The van der Waals surface area contributed by atoms with E-state index in [4.69, 9.17) is 22.1 Å². The predicted octanol–water partition coefficient (Wildman–Crippen LogP) is 5.42. The van der Waals surface area contributed by atoms with Crippen molar-refractivity contribution in [2.45, 2.75) is 6.61 Å². The van der Waals surface area contributed by atoms with Crippen molar-refractivity contribution in [3.05, 3.63) is 69.7 Å². The van der Waals surface area contributed by atoms with Crippen LogP contribution in [0.1, 0.15) is 5.56 Å². The molecule has 0 aliphatic heterocycles. The van der Waals surface area contributed by atoms with Crippen LogP contribution in [0.4, 0.5) is 5.69 Å². The Balaban J connectivity index is 1.94. The van der Waals surface area contributed by atoms with Gasteiger partial charge in [-0.1, -0.05) is 57.9 Å². The van der Waals surface area contributed by atoms with Crippen molar-refractivity contribution >= 4 is 44.0 Å². The summed E-state index contributed by atoms with van der Waals surface area (Å²) in [5.74, 6) is 0.796. The minimum atomic E-state index is 0.402. The molecule has 21 heavy (non-hydrogen) atoms. The Morgan fingerprint density at radius 3 is 2.48 bits per heavy atom. The summed E-state index contributed by atoms with van der Waals surface area (Å²) in [7, 11) is 0. The Bertz CT molecular complexity index is 784. The van der Waals surface area contributed by atoms with Gasteiger partial charge in [0.2, 0.25) is 0 Å². The number of benzene rings is 3. The molecule has 0 aromatic heterocycles. The minimum Gasteiger partial charge on any atom is -0.488 e. The van der Waals surface area contributed by atoms with E-state index in [-0.39, 0.29) is 0 Å². The molecule has 2 nitrogen and oxygen atoms in total. The molecule has 0 saturated heterocycles. The Labute approximate surface area is 136 Å². The zero-order valence-corrected chi connectivity index (χ0v) is 13.5. The van der Waals surface area contributed by atoms with E-state index in [0.29, 0.717) is 12.3 Å². The molecule has 0 heterocycles. The Morgan fingerprint density at radius 1 is 0.952 bits per heavy atom. The highest BCUT2D eigenvalue weighted by atomic mass is 79.9. The average Bonchev–Trinajstić information content (AvgIpc) is 2.49. The molecule has 2 N–H and O–H groups in total. The third-order valence-electron chi connectivity index (χ3n) is 3.36. The molecular weight excluding hydrogens is 350 g/mol. The van der Waals surface area contributed by atoms with Gasteiger partial charge in [-0.3, -0.25) is 0 Å². The fourth-order valence-corrected chi connectivity index (χ4v) is 2.96. The van der Waals surface area contributed by atoms with Crippen LogP contribution in [0.5, 0.6) is 5.75 Å². The second kappa shape index (κ2) is 5.96. The van der Waals surface area contributed by atoms with E-state index in [1.54, 1.807) is 0 Å². The van der Waals surface area contributed by atoms with Crippen LogP contribution in [0.3, 0.4) is 0 Å². The SMILES string of the molecule is Nc1cccc(Br)c1COc1ccc(Cl)c2ccccc12. The van der Waals surface area contributed by atoms with E-state index in [9.17, 15) is 0 Å². The summed E-state index contributed by atoms with van der Waals surface area (Å²) in [5, 5.41) is 2.70. The molecular formula is C17H13BrClNO. The first-order chi connectivity index (χ1) is 10.2. The first kappa shape index (κ1) is 14.2. The standard InChI is InChI=1S/C17H13BrClNO/c18-14-6-3-7-16(20)13(14)10-21-17-9-8-15(19)11-4-1-2-5-12(11)17/h1-9H,10,20H2. The lowest BCUT2D eigenvalue weighted by Gasteiger charge is -2.13. The van der Waals surface area contributed by atoms with Crippen LogP contribution in [0.15, 0.2) is 59.1 Å². The van der Waals surface area contributed by atoms with E-state index >= 15 is 0 Å². The Hall–Kier alpha value is -1.71. The van der Waals surface area contributed by atoms with Crippen molar-refractivity contribution in [3.8, 4) is 5.75 Å². The number of nitrogens with two attached hydrogens (primary N) is 1. The van der Waals surface area contributed by atoms with Gasteiger partial charge in [-0.25, -0.2) is 0 Å². The summed E-state index contributed by atoms with van der Waals surface area (Å²) in [6, 6.07) is 17.4. The van der Waals surface area contributed by atoms with Gasteiger partial charge in [-0.15, -0.1) is 0 Å². The maximum absolute atomic E-state index is 6.21. The Morgan fingerprint density at radius 2 is 1.71 bits per heavy atom. The summed E-state index contributed by atoms with van der Waals surface area (Å²) in [6.07, 6.45) is 0. The number of halogens is 2. The van der Waals surface area contributed by atoms with E-state index in [0.717, 1.165) is 31.6 Å². The van der Waals surface area contributed by atoms with E-state index in [1.165, 1.54) is 0 Å². The number of ether oxygens (including phenoxy) is 1. The number of nitrogen functional groups attached to an aromatic ring is 1. The lowest BCUT2D eigenvalue weighted by molar-refractivity contribution is 0.310. The zero-order valence-electron chi connectivity index (χ0n) is 11.1. The first-order valence-corrected chi connectivity index (χ1v) is 7.67. The van der Waals surface area contributed by atoms with Crippen LogP contribution in [0.25, 0.3) is 10.8 Å². The lowest BCUT2D eigenvalue weighted by Crippen LogP contribution is -2.01. The number of anilines is 1. The molecule has 0 bridgehead atoms. The highest BCUT2D eigenvalue weighted by Gasteiger charge is 2.08. The molecule has 0 saturated carbocycles. The third-order valence-corrected chi connectivity index (χ3v) is 4.43. The smallest absolute Gasteiger partial charge is 0.127 e. The van der Waals surface area contributed by atoms with Crippen molar-refractivity contribution in [3.63, 3.8) is 0 Å². The van der Waals surface area contributed by atoms with Gasteiger partial charge in [-0.2, -0.15) is 0 Å². The number of rotatable bonds is 3. The van der Waals surface area contributed by atoms with Crippen molar-refractivity contribution in [2.24, 2.45) is 0 Å². The number of fused-ring (bicyclic) bond motifs is 1. The topological polar surface area (TPSA) is 35.2 Å². The molecule has 3 rings (SSSR count). The normalized spacial score (nSPS) is 10.8. The first-order valence-electron chi connectivity index (χ1n) is 6.50. The molecule has 3 aromatic carbocycles. The summed E-state index contributed by atoms with van der Waals surface area (Å²) in [5.41, 5.74) is 7.64. The minimum absolute atomic E-state index is 0.402. The highest BCUT2D eigenvalue weighted by molar-refractivity contribution is 9.10. The van der Waals surface area contributed by atoms with Crippen molar-refractivity contribution in [1.82, 2.24) is 0 Å². The van der Waals surface area contributed by atoms with Gasteiger partial charge in [0.1, 0.15) is 12.4 Å². The highest BCUT2D eigenvalue weighted by Crippen LogP contribution is 2.32. The summed E-state index contributed by atoms with van der Waals surface area (Å²) in [4.78, 5) is 0. The van der Waals surface area contributed by atoms with Gasteiger partial charge in [0.25, 0.3) is 0 Å². The van der Waals surface area contributed by atoms with Crippen molar-refractivity contribution in [1.29, 1.82) is 0 Å². The predicted molar refractivity (Wildman–Crippen MR) is 91.8 cm³/mol. The van der Waals surface area contributed by atoms with E-state index < -0.39 is 0 Å². The maximum Gasteiger partial charge on any atom is 0.127 e. The van der Waals surface area contributed by atoms with Crippen LogP contribution in [-0.4, -0.2) is 0 Å². The molecule has 0 spiro atoms. The van der Waals surface area contributed by atoms with Crippen LogP contribution < -0.4 is 10.5 Å². The fraction of sp³-hybridized carbons (Fsp3) is 0.0588. The van der Waals surface area contributed by atoms with Crippen LogP contribution in [-0.2, 0) is 6.61 Å². The molecule has 0 aliphatic carbocycles. The van der Waals surface area contributed by atoms with E-state index in [1.807, 2.05) is 54.6 Å². The second-order valence-corrected chi connectivity index (χ2v) is 5.95. The molecule has 4 heteroatoms. The summed E-state index contributed by atoms with van der Waals surface area (Å²) >= 11 is 9.71. The number of hydrogen-bond acceptors (Lipinski definition) is 2. The Kier molecular flexibility index (Phi) is 4.04. The second-order valence-electron chi connectivity index (χ2n) is 4.69. The zero-order chi connectivity index (χ0) is 14.8. The fourth-order valence-electron chi connectivity index (χ4n) is 2.24. The van der Waals surface area contributed by atoms with Gasteiger partial charge < -0.3 is 10.5 Å². The molecule has 0 aliphatic rings.